The number of nitrogens with zero attached hydrogens (tertiary/aromatic N) is 2. The topological polar surface area (TPSA) is 54.3 Å². The van der Waals surface area contributed by atoms with Crippen molar-refractivity contribution in [2.45, 2.75) is 33.2 Å². The van der Waals surface area contributed by atoms with Crippen molar-refractivity contribution in [1.82, 2.24) is 9.47 Å². The maximum atomic E-state index is 13.3. The van der Waals surface area contributed by atoms with Gasteiger partial charge in [0, 0.05) is 41.3 Å². The molecule has 0 saturated heterocycles. The van der Waals surface area contributed by atoms with Crippen molar-refractivity contribution < 1.29 is 9.59 Å². The van der Waals surface area contributed by atoms with Gasteiger partial charge in [-0.25, -0.2) is 0 Å². The molecule has 1 atom stereocenters. The van der Waals surface area contributed by atoms with Crippen molar-refractivity contribution in [1.29, 1.82) is 0 Å². The summed E-state index contributed by atoms with van der Waals surface area (Å²) in [6, 6.07) is 10.4. The predicted molar refractivity (Wildman–Crippen MR) is 116 cm³/mol. The number of hydrogen-bond donors (Lipinski definition) is 1. The van der Waals surface area contributed by atoms with Gasteiger partial charge in [-0.15, -0.1) is 11.3 Å². The first-order valence-electron chi connectivity index (χ1n) is 9.93. The fourth-order valence-electron chi connectivity index (χ4n) is 4.57. The lowest BCUT2D eigenvalue weighted by Crippen LogP contribution is -2.33. The second kappa shape index (κ2) is 6.59. The maximum Gasteiger partial charge on any atom is 0.259 e. The highest BCUT2D eigenvalue weighted by molar-refractivity contribution is 7.10. The zero-order chi connectivity index (χ0) is 20.3. The predicted octanol–water partition coefficient (Wildman–Crippen LogP) is 4.56. The van der Waals surface area contributed by atoms with E-state index in [1.807, 2.05) is 11.4 Å². The van der Waals surface area contributed by atoms with Gasteiger partial charge in [0.15, 0.2) is 0 Å². The third-order valence-electron chi connectivity index (χ3n) is 5.71. The highest BCUT2D eigenvalue weighted by atomic mass is 32.1. The number of hydrogen-bond acceptors (Lipinski definition) is 4. The van der Waals surface area contributed by atoms with Crippen LogP contribution in [0.4, 0.5) is 5.69 Å². The zero-order valence-electron chi connectivity index (χ0n) is 16.7. The lowest BCUT2D eigenvalue weighted by molar-refractivity contribution is -0.139. The second-order valence-corrected chi connectivity index (χ2v) is 9.19. The molecule has 29 heavy (non-hydrogen) atoms. The smallest absolute Gasteiger partial charge is 0.259 e. The molecule has 5 nitrogen and oxygen atoms in total. The molecule has 6 heteroatoms. The Morgan fingerprint density at radius 1 is 1.28 bits per heavy atom. The molecule has 1 aromatic carbocycles. The molecule has 0 radical (unpaired) electrons. The third-order valence-corrected chi connectivity index (χ3v) is 6.64. The van der Waals surface area contributed by atoms with Crippen LogP contribution in [-0.4, -0.2) is 27.8 Å². The lowest BCUT2D eigenvalue weighted by Gasteiger charge is -2.18. The van der Waals surface area contributed by atoms with Gasteiger partial charge in [0.1, 0.15) is 0 Å². The van der Waals surface area contributed by atoms with E-state index in [1.165, 1.54) is 22.7 Å². The summed E-state index contributed by atoms with van der Waals surface area (Å²) in [7, 11) is 0. The number of carbonyl (C=O) groups is 2. The third kappa shape index (κ3) is 2.74. The summed E-state index contributed by atoms with van der Waals surface area (Å²) in [4.78, 5) is 27.9. The van der Waals surface area contributed by atoms with Gasteiger partial charge < -0.3 is 9.88 Å². The Balaban J connectivity index is 1.78. The standard InChI is InChI=1S/C23H23N3O2S/c1-13(2)10-25-11-15-20-16(6-4-7-18(20)25)24-17-12-26(14(3)27)23(28)22(17)21(15)19-8-5-9-29-19/h4-9,11,13,21,24H,10,12H2,1-3H3/t21-/m1/s1. The van der Waals surface area contributed by atoms with E-state index < -0.39 is 0 Å². The van der Waals surface area contributed by atoms with E-state index in [2.05, 4.69) is 54.2 Å². The Morgan fingerprint density at radius 2 is 2.10 bits per heavy atom. The van der Waals surface area contributed by atoms with Crippen LogP contribution in [-0.2, 0) is 16.1 Å². The molecule has 5 rings (SSSR count). The van der Waals surface area contributed by atoms with Crippen LogP contribution in [0.5, 0.6) is 0 Å². The van der Waals surface area contributed by atoms with Crippen LogP contribution in [0, 0.1) is 5.92 Å². The minimum Gasteiger partial charge on any atom is -0.356 e. The average molecular weight is 406 g/mol. The van der Waals surface area contributed by atoms with Crippen LogP contribution in [0.3, 0.4) is 0 Å². The van der Waals surface area contributed by atoms with Crippen LogP contribution >= 0.6 is 11.3 Å². The van der Waals surface area contributed by atoms with Crippen molar-refractivity contribution >= 4 is 39.7 Å². The van der Waals surface area contributed by atoms with E-state index in [0.717, 1.165) is 28.4 Å². The molecule has 0 aliphatic carbocycles. The molecule has 2 aromatic heterocycles. The monoisotopic (exact) mass is 405 g/mol. The molecule has 0 saturated carbocycles. The van der Waals surface area contributed by atoms with Crippen LogP contribution in [0.2, 0.25) is 0 Å². The summed E-state index contributed by atoms with van der Waals surface area (Å²) in [6.07, 6.45) is 2.21. The van der Waals surface area contributed by atoms with Gasteiger partial charge in [0.05, 0.1) is 23.6 Å². The number of aromatic nitrogens is 1. The first-order chi connectivity index (χ1) is 14.0. The molecule has 0 fully saturated rings. The Bertz CT molecular complexity index is 1170. The van der Waals surface area contributed by atoms with E-state index in [9.17, 15) is 9.59 Å². The van der Waals surface area contributed by atoms with Gasteiger partial charge in [-0.2, -0.15) is 0 Å². The molecule has 0 unspecified atom stereocenters. The van der Waals surface area contributed by atoms with Crippen LogP contribution < -0.4 is 5.32 Å². The summed E-state index contributed by atoms with van der Waals surface area (Å²) in [5, 5.41) is 6.73. The average Bonchev–Trinajstić information content (AvgIpc) is 3.36. The SMILES string of the molecule is CC(=O)N1CC2=C(C1=O)[C@@H](c1cccs1)c1cn(CC(C)C)c3cccc(c13)N2. The molecule has 0 spiro atoms. The van der Waals surface area contributed by atoms with Gasteiger partial charge in [0.25, 0.3) is 5.91 Å². The molecule has 2 aliphatic rings. The normalized spacial score (nSPS) is 18.4. The van der Waals surface area contributed by atoms with E-state index in [-0.39, 0.29) is 17.7 Å². The van der Waals surface area contributed by atoms with E-state index in [4.69, 9.17) is 0 Å². The number of thiophene rings is 1. The maximum absolute atomic E-state index is 13.3. The van der Waals surface area contributed by atoms with Gasteiger partial charge >= 0.3 is 0 Å². The number of carbonyl (C=O) groups excluding carboxylic acids is 2. The fourth-order valence-corrected chi connectivity index (χ4v) is 5.42. The first kappa shape index (κ1) is 18.2. The molecular weight excluding hydrogens is 382 g/mol. The largest absolute Gasteiger partial charge is 0.356 e. The van der Waals surface area contributed by atoms with E-state index >= 15 is 0 Å². The molecule has 2 aliphatic heterocycles. The molecular formula is C23H23N3O2S. The minimum absolute atomic E-state index is 0.172. The van der Waals surface area contributed by atoms with Crippen LogP contribution in [0.1, 0.15) is 37.1 Å². The van der Waals surface area contributed by atoms with Crippen molar-refractivity contribution in [2.24, 2.45) is 5.92 Å². The summed E-state index contributed by atoms with van der Waals surface area (Å²) in [5.41, 5.74) is 4.85. The highest BCUT2D eigenvalue weighted by Gasteiger charge is 2.41. The minimum atomic E-state index is -0.217. The molecule has 148 valence electrons. The van der Waals surface area contributed by atoms with Crippen molar-refractivity contribution in [2.75, 3.05) is 11.9 Å². The van der Waals surface area contributed by atoms with Gasteiger partial charge in [-0.1, -0.05) is 26.0 Å². The summed E-state index contributed by atoms with van der Waals surface area (Å²) in [5.74, 6) is -0.0650. The Hall–Kier alpha value is -2.86. The fraction of sp³-hybridized carbons (Fsp3) is 0.304. The van der Waals surface area contributed by atoms with Gasteiger partial charge in [-0.05, 0) is 35.1 Å². The number of imide groups is 1. The summed E-state index contributed by atoms with van der Waals surface area (Å²) in [6.45, 7) is 7.09. The molecule has 4 heterocycles. The van der Waals surface area contributed by atoms with E-state index in [0.29, 0.717) is 18.0 Å². The number of anilines is 1. The number of nitrogens with one attached hydrogen (secondary N) is 1. The first-order valence-corrected chi connectivity index (χ1v) is 10.8. The summed E-state index contributed by atoms with van der Waals surface area (Å²) < 4.78 is 2.30. The van der Waals surface area contributed by atoms with Crippen molar-refractivity contribution in [3.05, 3.63) is 63.6 Å². The Labute approximate surface area is 173 Å². The molecule has 0 bridgehead atoms. The lowest BCUT2D eigenvalue weighted by atomic mass is 9.89. The highest BCUT2D eigenvalue weighted by Crippen LogP contribution is 2.47. The quantitative estimate of drug-likeness (QED) is 0.695. The van der Waals surface area contributed by atoms with Crippen LogP contribution in [0.25, 0.3) is 10.9 Å². The van der Waals surface area contributed by atoms with Crippen LogP contribution in [0.15, 0.2) is 53.2 Å². The number of amides is 2. The zero-order valence-corrected chi connectivity index (χ0v) is 17.5. The number of benzene rings is 1. The van der Waals surface area contributed by atoms with Crippen molar-refractivity contribution in [3.63, 3.8) is 0 Å². The van der Waals surface area contributed by atoms with Gasteiger partial charge in [-0.3, -0.25) is 14.5 Å². The van der Waals surface area contributed by atoms with E-state index in [1.54, 1.807) is 11.3 Å². The molecule has 2 amide bonds. The Kier molecular flexibility index (Phi) is 4.13. The molecule has 1 N–H and O–H groups in total. The second-order valence-electron chi connectivity index (χ2n) is 8.21. The number of rotatable bonds is 3. The van der Waals surface area contributed by atoms with Gasteiger partial charge in [0.2, 0.25) is 5.91 Å². The summed E-state index contributed by atoms with van der Waals surface area (Å²) >= 11 is 1.65. The van der Waals surface area contributed by atoms with Crippen molar-refractivity contribution in [3.8, 4) is 0 Å². The molecule has 3 aromatic rings. The Morgan fingerprint density at radius 3 is 2.79 bits per heavy atom.